The highest BCUT2D eigenvalue weighted by Gasteiger charge is 2.05. The molecule has 0 bridgehead atoms. The summed E-state index contributed by atoms with van der Waals surface area (Å²) in [7, 11) is 3.87. The number of para-hydroxylation sites is 1. The van der Waals surface area contributed by atoms with Crippen LogP contribution in [0.3, 0.4) is 0 Å². The molecule has 0 spiro atoms. The van der Waals surface area contributed by atoms with E-state index in [1.807, 2.05) is 12.1 Å². The number of ether oxygens (including phenoxy) is 1. The number of hydrogen-bond donors (Lipinski definition) is 0. The summed E-state index contributed by atoms with van der Waals surface area (Å²) in [5, 5.41) is 0. The molecule has 3 heteroatoms. The van der Waals surface area contributed by atoms with Gasteiger partial charge in [0.1, 0.15) is 5.75 Å². The molecule has 1 rings (SSSR count). The average molecular weight is 256 g/mol. The maximum Gasteiger partial charge on any atom is 0.123 e. The molecule has 0 atom stereocenters. The van der Waals surface area contributed by atoms with Crippen LogP contribution in [0.1, 0.15) is 24.8 Å². The second-order valence-corrected chi connectivity index (χ2v) is 4.68. The van der Waals surface area contributed by atoms with Gasteiger partial charge < -0.3 is 9.64 Å². The highest BCUT2D eigenvalue weighted by molar-refractivity contribution is 6.17. The van der Waals surface area contributed by atoms with Crippen LogP contribution >= 0.6 is 11.6 Å². The summed E-state index contributed by atoms with van der Waals surface area (Å²) in [5.74, 6) is 1.75. The minimum Gasteiger partial charge on any atom is -0.496 e. The SMILES string of the molecule is COc1ccccc1CN(C)CCCCCCl. The van der Waals surface area contributed by atoms with Crippen LogP contribution in [0.4, 0.5) is 0 Å². The monoisotopic (exact) mass is 255 g/mol. The first-order valence-electron chi connectivity index (χ1n) is 6.14. The van der Waals surface area contributed by atoms with Crippen molar-refractivity contribution in [3.8, 4) is 5.75 Å². The number of benzene rings is 1. The quantitative estimate of drug-likeness (QED) is 0.520. The van der Waals surface area contributed by atoms with E-state index in [1.165, 1.54) is 18.4 Å². The van der Waals surface area contributed by atoms with Crippen molar-refractivity contribution in [1.82, 2.24) is 4.90 Å². The Kier molecular flexibility index (Phi) is 7.06. The summed E-state index contributed by atoms with van der Waals surface area (Å²) in [6.07, 6.45) is 3.53. The highest BCUT2D eigenvalue weighted by atomic mass is 35.5. The smallest absolute Gasteiger partial charge is 0.123 e. The molecule has 0 amide bonds. The van der Waals surface area contributed by atoms with Gasteiger partial charge in [0.15, 0.2) is 0 Å². The molecule has 2 nitrogen and oxygen atoms in total. The van der Waals surface area contributed by atoms with E-state index in [0.29, 0.717) is 0 Å². The van der Waals surface area contributed by atoms with Crippen molar-refractivity contribution < 1.29 is 4.74 Å². The van der Waals surface area contributed by atoms with Crippen molar-refractivity contribution in [3.05, 3.63) is 29.8 Å². The molecular weight excluding hydrogens is 234 g/mol. The van der Waals surface area contributed by atoms with E-state index < -0.39 is 0 Å². The standard InChI is InChI=1S/C14H22ClNO/c1-16(11-7-3-6-10-15)12-13-8-4-5-9-14(13)17-2/h4-5,8-9H,3,6-7,10-12H2,1-2H3. The Labute approximate surface area is 110 Å². The molecule has 0 radical (unpaired) electrons. The Morgan fingerprint density at radius 1 is 1.18 bits per heavy atom. The van der Waals surface area contributed by atoms with E-state index in [2.05, 4.69) is 24.1 Å². The zero-order valence-corrected chi connectivity index (χ0v) is 11.5. The number of methoxy groups -OCH3 is 1. The number of alkyl halides is 1. The fraction of sp³-hybridized carbons (Fsp3) is 0.571. The van der Waals surface area contributed by atoms with Gasteiger partial charge in [0.05, 0.1) is 7.11 Å². The molecule has 1 aromatic carbocycles. The normalized spacial score (nSPS) is 10.8. The predicted octanol–water partition coefficient (Wildman–Crippen LogP) is 3.54. The number of nitrogens with zero attached hydrogens (tertiary/aromatic N) is 1. The van der Waals surface area contributed by atoms with Gasteiger partial charge in [-0.15, -0.1) is 11.6 Å². The molecule has 0 fully saturated rings. The molecule has 0 aromatic heterocycles. The summed E-state index contributed by atoms with van der Waals surface area (Å²) in [6.45, 7) is 2.04. The lowest BCUT2D eigenvalue weighted by molar-refractivity contribution is 0.310. The minimum atomic E-state index is 0.774. The molecule has 0 unspecified atom stereocenters. The molecule has 17 heavy (non-hydrogen) atoms. The fourth-order valence-electron chi connectivity index (χ4n) is 1.86. The second-order valence-electron chi connectivity index (χ2n) is 4.30. The predicted molar refractivity (Wildman–Crippen MR) is 73.9 cm³/mol. The van der Waals surface area contributed by atoms with Crippen molar-refractivity contribution in [2.75, 3.05) is 26.6 Å². The summed E-state index contributed by atoms with van der Waals surface area (Å²) in [6, 6.07) is 8.19. The molecule has 0 saturated carbocycles. The first kappa shape index (κ1) is 14.3. The molecule has 0 aliphatic carbocycles. The largest absolute Gasteiger partial charge is 0.496 e. The van der Waals surface area contributed by atoms with Crippen molar-refractivity contribution in [3.63, 3.8) is 0 Å². The fourth-order valence-corrected chi connectivity index (χ4v) is 2.05. The van der Waals surface area contributed by atoms with Crippen molar-refractivity contribution in [2.24, 2.45) is 0 Å². The van der Waals surface area contributed by atoms with Gasteiger partial charge in [-0.1, -0.05) is 24.6 Å². The van der Waals surface area contributed by atoms with Crippen LogP contribution in [-0.2, 0) is 6.54 Å². The Bertz CT molecular complexity index is 317. The lowest BCUT2D eigenvalue weighted by Gasteiger charge is -2.18. The molecule has 0 saturated heterocycles. The van der Waals surface area contributed by atoms with Crippen LogP contribution in [0, 0.1) is 0 Å². The molecule has 0 heterocycles. The third-order valence-electron chi connectivity index (χ3n) is 2.81. The van der Waals surface area contributed by atoms with E-state index in [0.717, 1.165) is 31.1 Å². The van der Waals surface area contributed by atoms with Crippen LogP contribution in [0.5, 0.6) is 5.75 Å². The zero-order chi connectivity index (χ0) is 12.5. The number of rotatable bonds is 8. The van der Waals surface area contributed by atoms with Crippen LogP contribution in [0.2, 0.25) is 0 Å². The Hall–Kier alpha value is -0.730. The van der Waals surface area contributed by atoms with E-state index in [1.54, 1.807) is 7.11 Å². The number of halogens is 1. The number of unbranched alkanes of at least 4 members (excludes halogenated alkanes) is 2. The van der Waals surface area contributed by atoms with E-state index in [-0.39, 0.29) is 0 Å². The van der Waals surface area contributed by atoms with Crippen LogP contribution in [-0.4, -0.2) is 31.5 Å². The van der Waals surface area contributed by atoms with E-state index in [4.69, 9.17) is 16.3 Å². The topological polar surface area (TPSA) is 12.5 Å². The Morgan fingerprint density at radius 2 is 1.94 bits per heavy atom. The van der Waals surface area contributed by atoms with Gasteiger partial charge >= 0.3 is 0 Å². The average Bonchev–Trinajstić information content (AvgIpc) is 2.35. The van der Waals surface area contributed by atoms with E-state index in [9.17, 15) is 0 Å². The molecular formula is C14H22ClNO. The van der Waals surface area contributed by atoms with Crippen molar-refractivity contribution in [1.29, 1.82) is 0 Å². The third kappa shape index (κ3) is 5.42. The highest BCUT2D eigenvalue weighted by Crippen LogP contribution is 2.18. The molecule has 0 aliphatic rings. The minimum absolute atomic E-state index is 0.774. The Balaban J connectivity index is 2.36. The first-order valence-corrected chi connectivity index (χ1v) is 6.67. The van der Waals surface area contributed by atoms with Crippen LogP contribution < -0.4 is 4.74 Å². The van der Waals surface area contributed by atoms with Crippen LogP contribution in [0.15, 0.2) is 24.3 Å². The molecule has 1 aromatic rings. The van der Waals surface area contributed by atoms with Gasteiger partial charge in [0, 0.05) is 18.0 Å². The molecule has 0 aliphatic heterocycles. The van der Waals surface area contributed by atoms with Crippen molar-refractivity contribution >= 4 is 11.6 Å². The molecule has 0 N–H and O–H groups in total. The van der Waals surface area contributed by atoms with E-state index >= 15 is 0 Å². The third-order valence-corrected chi connectivity index (χ3v) is 3.07. The lowest BCUT2D eigenvalue weighted by atomic mass is 10.2. The van der Waals surface area contributed by atoms with Gasteiger partial charge in [-0.05, 0) is 32.5 Å². The summed E-state index contributed by atoms with van der Waals surface area (Å²) < 4.78 is 5.35. The lowest BCUT2D eigenvalue weighted by Crippen LogP contribution is -2.19. The van der Waals surface area contributed by atoms with Gasteiger partial charge in [-0.2, -0.15) is 0 Å². The van der Waals surface area contributed by atoms with Gasteiger partial charge in [-0.3, -0.25) is 0 Å². The zero-order valence-electron chi connectivity index (χ0n) is 10.8. The maximum atomic E-state index is 5.66. The van der Waals surface area contributed by atoms with Crippen molar-refractivity contribution in [2.45, 2.75) is 25.8 Å². The first-order chi connectivity index (χ1) is 8.27. The maximum absolute atomic E-state index is 5.66. The van der Waals surface area contributed by atoms with Gasteiger partial charge in [0.25, 0.3) is 0 Å². The van der Waals surface area contributed by atoms with Gasteiger partial charge in [0.2, 0.25) is 0 Å². The summed E-state index contributed by atoms with van der Waals surface area (Å²) >= 11 is 5.66. The summed E-state index contributed by atoms with van der Waals surface area (Å²) in [5.41, 5.74) is 1.25. The Morgan fingerprint density at radius 3 is 2.65 bits per heavy atom. The number of hydrogen-bond acceptors (Lipinski definition) is 2. The second kappa shape index (κ2) is 8.37. The summed E-state index contributed by atoms with van der Waals surface area (Å²) in [4.78, 5) is 2.33. The molecule has 96 valence electrons. The van der Waals surface area contributed by atoms with Gasteiger partial charge in [-0.25, -0.2) is 0 Å². The van der Waals surface area contributed by atoms with Crippen LogP contribution in [0.25, 0.3) is 0 Å².